The summed E-state index contributed by atoms with van der Waals surface area (Å²) in [5.41, 5.74) is 1.50. The van der Waals surface area contributed by atoms with Crippen molar-refractivity contribution >= 4 is 62.5 Å². The number of nitrogens with zero attached hydrogens (tertiary/aromatic N) is 2. The second-order valence-corrected chi connectivity index (χ2v) is 8.58. The van der Waals surface area contributed by atoms with Gasteiger partial charge in [0.25, 0.3) is 11.1 Å². The van der Waals surface area contributed by atoms with Crippen molar-refractivity contribution in [3.8, 4) is 0 Å². The third kappa shape index (κ3) is 5.07. The average molecular weight is 454 g/mol. The minimum atomic E-state index is -0.432. The van der Waals surface area contributed by atoms with Gasteiger partial charge < -0.3 is 5.32 Å². The summed E-state index contributed by atoms with van der Waals surface area (Å²) in [4.78, 5) is 42.4. The summed E-state index contributed by atoms with van der Waals surface area (Å²) in [6, 6.07) is 13.3. The molecular weight excluding hydrogens is 437 g/mol. The van der Waals surface area contributed by atoms with Gasteiger partial charge in [-0.1, -0.05) is 24.3 Å². The lowest BCUT2D eigenvalue weighted by Crippen LogP contribution is -2.36. The van der Waals surface area contributed by atoms with Crippen LogP contribution in [-0.2, 0) is 9.59 Å². The predicted octanol–water partition coefficient (Wildman–Crippen LogP) is 4.30. The van der Waals surface area contributed by atoms with Gasteiger partial charge in [-0.15, -0.1) is 11.3 Å². The molecule has 0 saturated carbocycles. The Balaban J connectivity index is 1.30. The third-order valence-corrected chi connectivity index (χ3v) is 6.27. The minimum Gasteiger partial charge on any atom is -0.351 e. The SMILES string of the molecule is O=C(/C=C/c1nc2ccccc2s1)NCCN1C(=O)S/C(=C\c2ccc(F)cc2)C1=O. The second kappa shape index (κ2) is 9.23. The monoisotopic (exact) mass is 453 g/mol. The van der Waals surface area contributed by atoms with Crippen LogP contribution in [0.1, 0.15) is 10.6 Å². The summed E-state index contributed by atoms with van der Waals surface area (Å²) >= 11 is 2.30. The average Bonchev–Trinajstić information content (AvgIpc) is 3.29. The van der Waals surface area contributed by atoms with Gasteiger partial charge in [0.15, 0.2) is 0 Å². The molecular formula is C22H16FN3O3S2. The minimum absolute atomic E-state index is 0.0616. The first-order chi connectivity index (χ1) is 15.0. The zero-order valence-electron chi connectivity index (χ0n) is 16.1. The molecule has 3 amide bonds. The lowest BCUT2D eigenvalue weighted by Gasteiger charge is -2.12. The Morgan fingerprint density at radius 1 is 1.13 bits per heavy atom. The standard InChI is InChI=1S/C22H16FN3O3S2/c23-15-7-5-14(6-8-15)13-18-21(28)26(22(29)31-18)12-11-24-19(27)9-10-20-25-16-3-1-2-4-17(16)30-20/h1-10,13H,11-12H2,(H,24,27)/b10-9+,18-13-. The fraction of sp³-hybridized carbons (Fsp3) is 0.0909. The molecule has 0 atom stereocenters. The lowest BCUT2D eigenvalue weighted by molar-refractivity contribution is -0.123. The number of rotatable bonds is 6. The molecule has 2 aromatic carbocycles. The summed E-state index contributed by atoms with van der Waals surface area (Å²) in [5.74, 6) is -1.15. The second-order valence-electron chi connectivity index (χ2n) is 6.53. The van der Waals surface area contributed by atoms with Crippen LogP contribution in [0.5, 0.6) is 0 Å². The Bertz CT molecular complexity index is 1190. The Kier molecular flexibility index (Phi) is 6.24. The maximum atomic E-state index is 13.0. The quantitative estimate of drug-likeness (QED) is 0.563. The number of nitrogens with one attached hydrogen (secondary N) is 1. The van der Waals surface area contributed by atoms with Crippen molar-refractivity contribution in [2.45, 2.75) is 0 Å². The van der Waals surface area contributed by atoms with Gasteiger partial charge in [0.05, 0.1) is 15.1 Å². The Labute approximate surface area is 185 Å². The number of benzene rings is 2. The number of imide groups is 1. The van der Waals surface area contributed by atoms with Gasteiger partial charge in [-0.2, -0.15) is 0 Å². The number of halogens is 1. The molecule has 2 heterocycles. The molecule has 1 aliphatic rings. The molecule has 1 aromatic heterocycles. The largest absolute Gasteiger partial charge is 0.351 e. The number of aromatic nitrogens is 1. The van der Waals surface area contributed by atoms with Crippen LogP contribution >= 0.6 is 23.1 Å². The van der Waals surface area contributed by atoms with Crippen LogP contribution < -0.4 is 5.32 Å². The normalized spacial score (nSPS) is 15.5. The first-order valence-corrected chi connectivity index (χ1v) is 11.0. The Morgan fingerprint density at radius 3 is 2.68 bits per heavy atom. The number of fused-ring (bicyclic) bond motifs is 1. The zero-order chi connectivity index (χ0) is 21.8. The van der Waals surface area contributed by atoms with Gasteiger partial charge in [0.2, 0.25) is 5.91 Å². The molecule has 9 heteroatoms. The summed E-state index contributed by atoms with van der Waals surface area (Å²) in [7, 11) is 0. The Morgan fingerprint density at radius 2 is 1.90 bits per heavy atom. The molecule has 1 saturated heterocycles. The van der Waals surface area contributed by atoms with E-state index in [2.05, 4.69) is 10.3 Å². The van der Waals surface area contributed by atoms with Gasteiger partial charge in [-0.3, -0.25) is 19.3 Å². The highest BCUT2D eigenvalue weighted by Crippen LogP contribution is 2.31. The molecule has 1 fully saturated rings. The molecule has 1 aliphatic heterocycles. The van der Waals surface area contributed by atoms with E-state index in [0.717, 1.165) is 26.9 Å². The summed E-state index contributed by atoms with van der Waals surface area (Å²) in [6.45, 7) is 0.191. The van der Waals surface area contributed by atoms with Gasteiger partial charge in [-0.25, -0.2) is 9.37 Å². The number of hydrogen-bond acceptors (Lipinski definition) is 6. The molecule has 31 heavy (non-hydrogen) atoms. The summed E-state index contributed by atoms with van der Waals surface area (Å²) in [5, 5.41) is 2.97. The molecule has 0 spiro atoms. The molecule has 0 aliphatic carbocycles. The molecule has 1 N–H and O–H groups in total. The molecule has 6 nitrogen and oxygen atoms in total. The van der Waals surface area contributed by atoms with Crippen molar-refractivity contribution in [3.63, 3.8) is 0 Å². The number of para-hydroxylation sites is 1. The first-order valence-electron chi connectivity index (χ1n) is 9.32. The van der Waals surface area contributed by atoms with Crippen LogP contribution in [0.25, 0.3) is 22.4 Å². The summed E-state index contributed by atoms with van der Waals surface area (Å²) < 4.78 is 14.0. The number of hydrogen-bond donors (Lipinski definition) is 1. The van der Waals surface area contributed by atoms with Crippen molar-refractivity contribution in [1.82, 2.24) is 15.2 Å². The smallest absolute Gasteiger partial charge is 0.293 e. The number of thioether (sulfide) groups is 1. The van der Waals surface area contributed by atoms with E-state index in [1.54, 1.807) is 12.2 Å². The van der Waals surface area contributed by atoms with E-state index in [-0.39, 0.29) is 29.7 Å². The molecule has 0 bridgehead atoms. The van der Waals surface area contributed by atoms with Crippen LogP contribution in [0.15, 0.2) is 59.5 Å². The van der Waals surface area contributed by atoms with Crippen LogP contribution in [0.4, 0.5) is 9.18 Å². The maximum absolute atomic E-state index is 13.0. The zero-order valence-corrected chi connectivity index (χ0v) is 17.7. The topological polar surface area (TPSA) is 79.4 Å². The van der Waals surface area contributed by atoms with Crippen molar-refractivity contribution in [3.05, 3.63) is 75.9 Å². The van der Waals surface area contributed by atoms with Crippen molar-refractivity contribution < 1.29 is 18.8 Å². The summed E-state index contributed by atoms with van der Waals surface area (Å²) in [6.07, 6.45) is 4.55. The van der Waals surface area contributed by atoms with E-state index in [1.165, 1.54) is 41.7 Å². The van der Waals surface area contributed by atoms with E-state index in [4.69, 9.17) is 0 Å². The van der Waals surface area contributed by atoms with E-state index in [0.29, 0.717) is 10.6 Å². The van der Waals surface area contributed by atoms with E-state index < -0.39 is 11.1 Å². The molecule has 0 radical (unpaired) electrons. The Hall–Kier alpha value is -3.30. The fourth-order valence-corrected chi connectivity index (χ4v) is 4.60. The number of carbonyl (C=O) groups is 3. The van der Waals surface area contributed by atoms with Crippen molar-refractivity contribution in [1.29, 1.82) is 0 Å². The fourth-order valence-electron chi connectivity index (χ4n) is 2.86. The molecule has 0 unspecified atom stereocenters. The highest BCUT2D eigenvalue weighted by molar-refractivity contribution is 8.18. The molecule has 4 rings (SSSR count). The third-order valence-electron chi connectivity index (χ3n) is 4.36. The van der Waals surface area contributed by atoms with Crippen LogP contribution in [-0.4, -0.2) is 40.0 Å². The maximum Gasteiger partial charge on any atom is 0.293 e. The number of thiazole rings is 1. The number of amides is 3. The van der Waals surface area contributed by atoms with Crippen molar-refractivity contribution in [2.24, 2.45) is 0 Å². The van der Waals surface area contributed by atoms with Gasteiger partial charge >= 0.3 is 0 Å². The molecule has 3 aromatic rings. The highest BCUT2D eigenvalue weighted by Gasteiger charge is 2.34. The predicted molar refractivity (Wildman–Crippen MR) is 121 cm³/mol. The first kappa shape index (κ1) is 21.0. The highest BCUT2D eigenvalue weighted by atomic mass is 32.2. The van der Waals surface area contributed by atoms with Gasteiger partial charge in [-0.05, 0) is 53.7 Å². The van der Waals surface area contributed by atoms with E-state index in [1.807, 2.05) is 24.3 Å². The van der Waals surface area contributed by atoms with Gasteiger partial charge in [0.1, 0.15) is 10.8 Å². The van der Waals surface area contributed by atoms with Gasteiger partial charge in [0, 0.05) is 19.2 Å². The van der Waals surface area contributed by atoms with Crippen LogP contribution in [0.3, 0.4) is 0 Å². The van der Waals surface area contributed by atoms with E-state index in [9.17, 15) is 18.8 Å². The van der Waals surface area contributed by atoms with Crippen molar-refractivity contribution in [2.75, 3.05) is 13.1 Å². The van der Waals surface area contributed by atoms with Crippen LogP contribution in [0, 0.1) is 5.82 Å². The lowest BCUT2D eigenvalue weighted by atomic mass is 10.2. The number of carbonyl (C=O) groups excluding carboxylic acids is 3. The molecule has 156 valence electrons. The van der Waals surface area contributed by atoms with Crippen LogP contribution in [0.2, 0.25) is 0 Å². The van der Waals surface area contributed by atoms with E-state index >= 15 is 0 Å².